The van der Waals surface area contributed by atoms with Crippen LogP contribution in [0.5, 0.6) is 0 Å². The van der Waals surface area contributed by atoms with Crippen LogP contribution in [0.2, 0.25) is 0 Å². The molecule has 6 nitrogen and oxygen atoms in total. The summed E-state index contributed by atoms with van der Waals surface area (Å²) in [5.41, 5.74) is 0. The summed E-state index contributed by atoms with van der Waals surface area (Å²) in [5.74, 6) is -0.930. The molecule has 0 aromatic heterocycles. The van der Waals surface area contributed by atoms with E-state index in [9.17, 15) is 14.4 Å². The summed E-state index contributed by atoms with van der Waals surface area (Å²) in [6, 6.07) is 0. The molecule has 0 fully saturated rings. The standard InChI is InChI=1S/C64H114O6/c1-4-7-10-13-16-19-22-25-27-28-29-30-31-32-33-34-35-36-38-39-42-45-48-51-54-57-63(66)69-60-61(59-68-62(65)56-53-50-47-44-41-24-21-18-15-12-9-6-3)70-64(67)58-55-52-49-46-43-40-37-26-23-20-17-14-11-8-5-2/h8,11,17-18,20-21,26,37,43,46,61H,4-7,9-10,12-16,19,22-25,27-36,38-42,44-45,47-60H2,1-3H3/b11-8-,20-17-,21-18-,37-26-,46-43-. The predicted octanol–water partition coefficient (Wildman–Crippen LogP) is 20.4. The SMILES string of the molecule is CC/C=C\C/C=C\C/C=C\C/C=C\CCCCC(=O)OC(COC(=O)CCCCCCC/C=C\CCCCC)COC(=O)CCCCCCCCCCCCCCCCCCCCCCCCCCC. The zero-order chi connectivity index (χ0) is 50.7. The van der Waals surface area contributed by atoms with Crippen LogP contribution in [0.3, 0.4) is 0 Å². The Labute approximate surface area is 434 Å². The van der Waals surface area contributed by atoms with Gasteiger partial charge in [0.05, 0.1) is 0 Å². The van der Waals surface area contributed by atoms with Crippen molar-refractivity contribution in [2.45, 2.75) is 316 Å². The van der Waals surface area contributed by atoms with Gasteiger partial charge in [0.15, 0.2) is 6.10 Å². The molecule has 0 aromatic carbocycles. The number of ether oxygens (including phenoxy) is 3. The lowest BCUT2D eigenvalue weighted by Gasteiger charge is -2.18. The maximum Gasteiger partial charge on any atom is 0.306 e. The third kappa shape index (κ3) is 56.0. The Morgan fingerprint density at radius 1 is 0.300 bits per heavy atom. The van der Waals surface area contributed by atoms with Gasteiger partial charge in [0.1, 0.15) is 13.2 Å². The Hall–Kier alpha value is -2.89. The molecule has 0 amide bonds. The second-order valence-electron chi connectivity index (χ2n) is 20.2. The first-order chi connectivity index (χ1) is 34.5. The molecule has 1 atom stereocenters. The summed E-state index contributed by atoms with van der Waals surface area (Å²) >= 11 is 0. The van der Waals surface area contributed by atoms with E-state index in [0.29, 0.717) is 19.3 Å². The number of hydrogen-bond acceptors (Lipinski definition) is 6. The molecule has 0 spiro atoms. The molecule has 0 N–H and O–H groups in total. The smallest absolute Gasteiger partial charge is 0.306 e. The molecule has 0 aliphatic carbocycles. The molecule has 0 heterocycles. The fourth-order valence-corrected chi connectivity index (χ4v) is 8.72. The van der Waals surface area contributed by atoms with E-state index in [1.807, 2.05) is 0 Å². The minimum Gasteiger partial charge on any atom is -0.462 e. The number of rotatable bonds is 55. The van der Waals surface area contributed by atoms with E-state index in [1.165, 1.54) is 180 Å². The third-order valence-corrected chi connectivity index (χ3v) is 13.3. The number of esters is 3. The Morgan fingerprint density at radius 2 is 0.557 bits per heavy atom. The van der Waals surface area contributed by atoms with Crippen molar-refractivity contribution < 1.29 is 28.6 Å². The molecule has 0 aliphatic rings. The van der Waals surface area contributed by atoms with Gasteiger partial charge in [0, 0.05) is 19.3 Å². The van der Waals surface area contributed by atoms with Crippen LogP contribution >= 0.6 is 0 Å². The largest absolute Gasteiger partial charge is 0.462 e. The Balaban J connectivity index is 4.26. The first-order valence-corrected chi connectivity index (χ1v) is 30.3. The minimum absolute atomic E-state index is 0.0910. The molecular formula is C64H114O6. The van der Waals surface area contributed by atoms with Gasteiger partial charge in [-0.05, 0) is 83.5 Å². The fraction of sp³-hybridized carbons (Fsp3) is 0.797. The van der Waals surface area contributed by atoms with Crippen LogP contribution < -0.4 is 0 Å². The van der Waals surface area contributed by atoms with Crippen LogP contribution in [0.4, 0.5) is 0 Å². The lowest BCUT2D eigenvalue weighted by molar-refractivity contribution is -0.167. The van der Waals surface area contributed by atoms with Crippen molar-refractivity contribution in [3.63, 3.8) is 0 Å². The maximum atomic E-state index is 12.8. The van der Waals surface area contributed by atoms with Crippen LogP contribution in [0, 0.1) is 0 Å². The van der Waals surface area contributed by atoms with Gasteiger partial charge in [-0.25, -0.2) is 0 Å². The number of hydrogen-bond donors (Lipinski definition) is 0. The first kappa shape index (κ1) is 67.1. The average Bonchev–Trinajstić information content (AvgIpc) is 3.36. The summed E-state index contributed by atoms with van der Waals surface area (Å²) in [7, 11) is 0. The molecule has 0 radical (unpaired) electrons. The summed E-state index contributed by atoms with van der Waals surface area (Å²) in [6.07, 6.45) is 73.8. The van der Waals surface area contributed by atoms with Crippen LogP contribution in [0.15, 0.2) is 60.8 Å². The minimum atomic E-state index is -0.797. The van der Waals surface area contributed by atoms with Gasteiger partial charge in [-0.1, -0.05) is 268 Å². The summed E-state index contributed by atoms with van der Waals surface area (Å²) in [6.45, 7) is 6.49. The highest BCUT2D eigenvalue weighted by molar-refractivity contribution is 5.71. The number of carbonyl (C=O) groups excluding carboxylic acids is 3. The number of allylic oxidation sites excluding steroid dienone is 10. The molecule has 0 saturated heterocycles. The summed E-state index contributed by atoms with van der Waals surface area (Å²) in [5, 5.41) is 0. The third-order valence-electron chi connectivity index (χ3n) is 13.3. The van der Waals surface area contributed by atoms with E-state index in [1.54, 1.807) is 0 Å². The van der Waals surface area contributed by atoms with Crippen molar-refractivity contribution in [2.75, 3.05) is 13.2 Å². The second-order valence-corrected chi connectivity index (χ2v) is 20.2. The zero-order valence-corrected chi connectivity index (χ0v) is 46.5. The normalized spacial score (nSPS) is 12.4. The zero-order valence-electron chi connectivity index (χ0n) is 46.5. The molecule has 0 aliphatic heterocycles. The van der Waals surface area contributed by atoms with Gasteiger partial charge in [0.2, 0.25) is 0 Å². The van der Waals surface area contributed by atoms with Crippen molar-refractivity contribution in [2.24, 2.45) is 0 Å². The number of unbranched alkanes of at least 4 members (excludes halogenated alkanes) is 34. The lowest BCUT2D eigenvalue weighted by Crippen LogP contribution is -2.30. The monoisotopic (exact) mass is 979 g/mol. The molecule has 6 heteroatoms. The van der Waals surface area contributed by atoms with E-state index >= 15 is 0 Å². The molecule has 0 saturated carbocycles. The quantitative estimate of drug-likeness (QED) is 0.0261. The molecule has 0 bridgehead atoms. The molecule has 406 valence electrons. The van der Waals surface area contributed by atoms with E-state index in [2.05, 4.69) is 81.5 Å². The van der Waals surface area contributed by atoms with Gasteiger partial charge in [-0.15, -0.1) is 0 Å². The fourth-order valence-electron chi connectivity index (χ4n) is 8.72. The molecule has 1 unspecified atom stereocenters. The van der Waals surface area contributed by atoms with Gasteiger partial charge in [0.25, 0.3) is 0 Å². The Bertz CT molecular complexity index is 1260. The average molecular weight is 980 g/mol. The lowest BCUT2D eigenvalue weighted by atomic mass is 10.0. The summed E-state index contributed by atoms with van der Waals surface area (Å²) < 4.78 is 16.8. The highest BCUT2D eigenvalue weighted by atomic mass is 16.6. The molecule has 0 rings (SSSR count). The molecular weight excluding hydrogens is 865 g/mol. The van der Waals surface area contributed by atoms with Crippen molar-refractivity contribution in [3.8, 4) is 0 Å². The van der Waals surface area contributed by atoms with E-state index < -0.39 is 6.10 Å². The van der Waals surface area contributed by atoms with Gasteiger partial charge >= 0.3 is 17.9 Å². The van der Waals surface area contributed by atoms with Crippen molar-refractivity contribution >= 4 is 17.9 Å². The number of carbonyl (C=O) groups is 3. The Morgan fingerprint density at radius 3 is 0.943 bits per heavy atom. The van der Waals surface area contributed by atoms with Crippen LogP contribution in [-0.2, 0) is 28.6 Å². The van der Waals surface area contributed by atoms with Crippen LogP contribution in [0.1, 0.15) is 310 Å². The van der Waals surface area contributed by atoms with Crippen molar-refractivity contribution in [3.05, 3.63) is 60.8 Å². The van der Waals surface area contributed by atoms with Gasteiger partial charge in [-0.3, -0.25) is 14.4 Å². The van der Waals surface area contributed by atoms with Crippen molar-refractivity contribution in [1.29, 1.82) is 0 Å². The highest BCUT2D eigenvalue weighted by Crippen LogP contribution is 2.17. The van der Waals surface area contributed by atoms with E-state index in [0.717, 1.165) is 83.5 Å². The van der Waals surface area contributed by atoms with E-state index in [-0.39, 0.29) is 37.5 Å². The summed E-state index contributed by atoms with van der Waals surface area (Å²) in [4.78, 5) is 38.1. The van der Waals surface area contributed by atoms with Crippen LogP contribution in [0.25, 0.3) is 0 Å². The van der Waals surface area contributed by atoms with Crippen LogP contribution in [-0.4, -0.2) is 37.2 Å². The molecule has 0 aromatic rings. The van der Waals surface area contributed by atoms with Gasteiger partial charge < -0.3 is 14.2 Å². The molecule has 70 heavy (non-hydrogen) atoms. The highest BCUT2D eigenvalue weighted by Gasteiger charge is 2.19. The maximum absolute atomic E-state index is 12.8. The van der Waals surface area contributed by atoms with Gasteiger partial charge in [-0.2, -0.15) is 0 Å². The first-order valence-electron chi connectivity index (χ1n) is 30.3. The van der Waals surface area contributed by atoms with E-state index in [4.69, 9.17) is 14.2 Å². The predicted molar refractivity (Wildman–Crippen MR) is 302 cm³/mol. The van der Waals surface area contributed by atoms with Crippen molar-refractivity contribution in [1.82, 2.24) is 0 Å². The Kier molecular flexibility index (Phi) is 56.3. The second kappa shape index (κ2) is 58.7. The topological polar surface area (TPSA) is 78.9 Å².